The van der Waals surface area contributed by atoms with Gasteiger partial charge < -0.3 is 4.74 Å². The average molecular weight is 254 g/mol. The summed E-state index contributed by atoms with van der Waals surface area (Å²) >= 11 is 0. The van der Waals surface area contributed by atoms with Crippen LogP contribution in [-0.4, -0.2) is 22.0 Å². The number of ether oxygens (including phenoxy) is 1. The van der Waals surface area contributed by atoms with E-state index in [4.69, 9.17) is 9.94 Å². The molecule has 8 nitrogen and oxygen atoms in total. The number of nitrogens with one attached hydrogen (secondary N) is 1. The zero-order chi connectivity index (χ0) is 13.5. The van der Waals surface area contributed by atoms with Crippen molar-refractivity contribution in [2.45, 2.75) is 13.0 Å². The molecule has 0 atom stereocenters. The van der Waals surface area contributed by atoms with Crippen molar-refractivity contribution in [1.82, 2.24) is 5.48 Å². The van der Waals surface area contributed by atoms with E-state index in [1.807, 2.05) is 0 Å². The first-order valence-electron chi connectivity index (χ1n) is 4.85. The van der Waals surface area contributed by atoms with Crippen LogP contribution in [0.1, 0.15) is 12.0 Å². The minimum absolute atomic E-state index is 0.0651. The molecule has 1 aromatic carbocycles. The van der Waals surface area contributed by atoms with Gasteiger partial charge in [-0.2, -0.15) is 0 Å². The monoisotopic (exact) mass is 254 g/mol. The van der Waals surface area contributed by atoms with Gasteiger partial charge in [-0.15, -0.1) is 0 Å². The Morgan fingerprint density at radius 3 is 2.44 bits per heavy atom. The molecule has 0 saturated heterocycles. The van der Waals surface area contributed by atoms with Crippen molar-refractivity contribution >= 4 is 17.6 Å². The summed E-state index contributed by atoms with van der Waals surface area (Å²) < 4.78 is 4.72. The number of non-ortho nitro benzene ring substituents is 1. The number of benzene rings is 1. The number of hydrogen-bond donors (Lipinski definition) is 2. The van der Waals surface area contributed by atoms with Crippen LogP contribution in [0.25, 0.3) is 0 Å². The maximum absolute atomic E-state index is 11.1. The quantitative estimate of drug-likeness (QED) is 0.260. The maximum atomic E-state index is 11.1. The number of hydrogen-bond acceptors (Lipinski definition) is 6. The van der Waals surface area contributed by atoms with Crippen molar-refractivity contribution < 1.29 is 24.5 Å². The van der Waals surface area contributed by atoms with Crippen LogP contribution in [0.3, 0.4) is 0 Å². The zero-order valence-corrected chi connectivity index (χ0v) is 9.16. The van der Waals surface area contributed by atoms with Crippen LogP contribution in [0.15, 0.2) is 24.3 Å². The van der Waals surface area contributed by atoms with Gasteiger partial charge >= 0.3 is 5.97 Å². The number of carbonyl (C=O) groups excluding carboxylic acids is 2. The summed E-state index contributed by atoms with van der Waals surface area (Å²) in [7, 11) is 0. The van der Waals surface area contributed by atoms with Crippen molar-refractivity contribution in [1.29, 1.82) is 0 Å². The van der Waals surface area contributed by atoms with Gasteiger partial charge in [-0.25, -0.2) is 5.48 Å². The van der Waals surface area contributed by atoms with Gasteiger partial charge in [0.05, 0.1) is 4.92 Å². The molecule has 0 aliphatic carbocycles. The maximum Gasteiger partial charge on any atom is 0.315 e. The summed E-state index contributed by atoms with van der Waals surface area (Å²) in [4.78, 5) is 31.5. The molecule has 2 N–H and O–H groups in total. The zero-order valence-electron chi connectivity index (χ0n) is 9.16. The van der Waals surface area contributed by atoms with Crippen LogP contribution in [0.5, 0.6) is 0 Å². The Kier molecular flexibility index (Phi) is 4.76. The third-order valence-corrected chi connectivity index (χ3v) is 1.98. The van der Waals surface area contributed by atoms with E-state index in [9.17, 15) is 19.7 Å². The van der Waals surface area contributed by atoms with Gasteiger partial charge in [0.15, 0.2) is 0 Å². The van der Waals surface area contributed by atoms with E-state index in [0.29, 0.717) is 5.56 Å². The average Bonchev–Trinajstić information content (AvgIpc) is 2.36. The van der Waals surface area contributed by atoms with Gasteiger partial charge in [0.2, 0.25) is 0 Å². The van der Waals surface area contributed by atoms with Gasteiger partial charge in [-0.1, -0.05) is 0 Å². The standard InChI is InChI=1S/C10H10N2O6/c13-9(11-15)5-10(14)18-6-7-1-3-8(4-2-7)12(16)17/h1-4,15H,5-6H2,(H,11,13). The Morgan fingerprint density at radius 1 is 1.33 bits per heavy atom. The lowest BCUT2D eigenvalue weighted by Gasteiger charge is -2.03. The van der Waals surface area contributed by atoms with Crippen LogP contribution < -0.4 is 5.48 Å². The summed E-state index contributed by atoms with van der Waals surface area (Å²) in [6, 6.07) is 5.45. The smallest absolute Gasteiger partial charge is 0.315 e. The molecule has 0 fully saturated rings. The topological polar surface area (TPSA) is 119 Å². The molecule has 1 rings (SSSR count). The molecule has 18 heavy (non-hydrogen) atoms. The molecule has 0 radical (unpaired) electrons. The minimum atomic E-state index is -0.872. The summed E-state index contributed by atoms with van der Waals surface area (Å²) in [5.41, 5.74) is 1.79. The van der Waals surface area contributed by atoms with Gasteiger partial charge in [0.25, 0.3) is 11.6 Å². The Hall–Kier alpha value is -2.48. The number of nitro benzene ring substituents is 1. The molecule has 8 heteroatoms. The van der Waals surface area contributed by atoms with Crippen LogP contribution >= 0.6 is 0 Å². The molecule has 96 valence electrons. The number of nitro groups is 1. The number of nitrogens with zero attached hydrogens (tertiary/aromatic N) is 1. The highest BCUT2D eigenvalue weighted by molar-refractivity contribution is 5.93. The molecular weight excluding hydrogens is 244 g/mol. The third kappa shape index (κ3) is 4.18. The predicted octanol–water partition coefficient (Wildman–Crippen LogP) is 0.533. The second-order valence-corrected chi connectivity index (χ2v) is 3.30. The molecule has 0 unspecified atom stereocenters. The van der Waals surface area contributed by atoms with Crippen LogP contribution in [0.2, 0.25) is 0 Å². The summed E-state index contributed by atoms with van der Waals surface area (Å²) in [5.74, 6) is -1.68. The van der Waals surface area contributed by atoms with Crippen molar-refractivity contribution in [2.75, 3.05) is 0 Å². The second kappa shape index (κ2) is 6.30. The van der Waals surface area contributed by atoms with Gasteiger partial charge in [-0.3, -0.25) is 24.9 Å². The van der Waals surface area contributed by atoms with Crippen LogP contribution in [-0.2, 0) is 20.9 Å². The first-order chi connectivity index (χ1) is 8.52. The first-order valence-corrected chi connectivity index (χ1v) is 4.85. The van der Waals surface area contributed by atoms with E-state index in [1.165, 1.54) is 29.7 Å². The minimum Gasteiger partial charge on any atom is -0.460 e. The van der Waals surface area contributed by atoms with E-state index >= 15 is 0 Å². The molecule has 0 aliphatic heterocycles. The number of rotatable bonds is 5. The van der Waals surface area contributed by atoms with Gasteiger partial charge in [-0.05, 0) is 17.7 Å². The van der Waals surface area contributed by atoms with Crippen molar-refractivity contribution in [3.05, 3.63) is 39.9 Å². The summed E-state index contributed by atoms with van der Waals surface area (Å²) in [6.45, 7) is -0.102. The second-order valence-electron chi connectivity index (χ2n) is 3.30. The Morgan fingerprint density at radius 2 is 1.94 bits per heavy atom. The predicted molar refractivity (Wildman–Crippen MR) is 57.4 cm³/mol. The summed E-state index contributed by atoms with van der Waals surface area (Å²) in [6.07, 6.45) is -0.594. The van der Waals surface area contributed by atoms with Crippen LogP contribution in [0, 0.1) is 10.1 Å². The van der Waals surface area contributed by atoms with E-state index in [2.05, 4.69) is 0 Å². The SMILES string of the molecule is O=C(CC(=O)OCc1ccc([N+](=O)[O-])cc1)NO. The fraction of sp³-hybridized carbons (Fsp3) is 0.200. The molecule has 0 saturated carbocycles. The van der Waals surface area contributed by atoms with Gasteiger partial charge in [0.1, 0.15) is 13.0 Å². The Balaban J connectivity index is 2.46. The van der Waals surface area contributed by atoms with Crippen molar-refractivity contribution in [3.8, 4) is 0 Å². The normalized spacial score (nSPS) is 9.61. The molecule has 0 heterocycles. The van der Waals surface area contributed by atoms with Gasteiger partial charge in [0, 0.05) is 12.1 Å². The third-order valence-electron chi connectivity index (χ3n) is 1.98. The summed E-state index contributed by atoms with van der Waals surface area (Å²) in [5, 5.41) is 18.6. The molecule has 0 bridgehead atoms. The number of hydroxylamine groups is 1. The molecule has 0 aliphatic rings. The lowest BCUT2D eigenvalue weighted by atomic mass is 10.2. The number of amides is 1. The van der Waals surface area contributed by atoms with Crippen LogP contribution in [0.4, 0.5) is 5.69 Å². The highest BCUT2D eigenvalue weighted by Gasteiger charge is 2.10. The molecule has 1 aromatic rings. The van der Waals surface area contributed by atoms with Crippen molar-refractivity contribution in [2.24, 2.45) is 0 Å². The Labute approximate surface area is 101 Å². The number of esters is 1. The molecular formula is C10H10N2O6. The van der Waals surface area contributed by atoms with E-state index in [1.54, 1.807) is 0 Å². The lowest BCUT2D eigenvalue weighted by molar-refractivity contribution is -0.384. The Bertz CT molecular complexity index is 456. The first kappa shape index (κ1) is 13.6. The highest BCUT2D eigenvalue weighted by Crippen LogP contribution is 2.12. The van der Waals surface area contributed by atoms with E-state index < -0.39 is 23.2 Å². The molecule has 0 aromatic heterocycles. The molecule has 0 spiro atoms. The largest absolute Gasteiger partial charge is 0.460 e. The van der Waals surface area contributed by atoms with E-state index in [0.717, 1.165) is 0 Å². The van der Waals surface area contributed by atoms with E-state index in [-0.39, 0.29) is 12.3 Å². The fourth-order valence-electron chi connectivity index (χ4n) is 1.10. The number of carbonyl (C=O) groups is 2. The molecule has 1 amide bonds. The van der Waals surface area contributed by atoms with Crippen molar-refractivity contribution in [3.63, 3.8) is 0 Å². The lowest BCUT2D eigenvalue weighted by Crippen LogP contribution is -2.22. The fourth-order valence-corrected chi connectivity index (χ4v) is 1.10. The highest BCUT2D eigenvalue weighted by atomic mass is 16.6.